The molecule has 0 radical (unpaired) electrons. The number of carbonyl (C=O) groups excluding carboxylic acids is 1. The third-order valence-electron chi connectivity index (χ3n) is 3.40. The Hall–Kier alpha value is -1.56. The average Bonchev–Trinajstić information content (AvgIpc) is 2.42. The van der Waals surface area contributed by atoms with Gasteiger partial charge in [-0.2, -0.15) is 0 Å². The van der Waals surface area contributed by atoms with Crippen LogP contribution in [0.1, 0.15) is 25.8 Å². The molecule has 0 saturated carbocycles. The molecule has 3 nitrogen and oxygen atoms in total. The summed E-state index contributed by atoms with van der Waals surface area (Å²) in [6.45, 7) is 3.14. The molecule has 0 bridgehead atoms. The first-order valence-electron chi connectivity index (χ1n) is 6.19. The fourth-order valence-electron chi connectivity index (χ4n) is 1.84. The molecule has 1 unspecified atom stereocenters. The summed E-state index contributed by atoms with van der Waals surface area (Å²) >= 11 is 0. The molecule has 1 atom stereocenters. The van der Waals surface area contributed by atoms with Gasteiger partial charge < -0.3 is 9.64 Å². The summed E-state index contributed by atoms with van der Waals surface area (Å²) in [6, 6.07) is 1.34. The molecular weight excluding hydrogens is 271 g/mol. The molecule has 0 heterocycles. The van der Waals surface area contributed by atoms with E-state index in [4.69, 9.17) is 4.74 Å². The fourth-order valence-corrected chi connectivity index (χ4v) is 1.84. The van der Waals surface area contributed by atoms with E-state index in [-0.39, 0.29) is 18.0 Å². The van der Waals surface area contributed by atoms with Crippen molar-refractivity contribution in [1.82, 2.24) is 4.90 Å². The zero-order chi connectivity index (χ0) is 15.5. The van der Waals surface area contributed by atoms with Crippen LogP contribution in [0, 0.1) is 17.5 Å². The number of hydrogen-bond donors (Lipinski definition) is 0. The topological polar surface area (TPSA) is 29.5 Å². The van der Waals surface area contributed by atoms with Crippen molar-refractivity contribution in [2.24, 2.45) is 0 Å². The van der Waals surface area contributed by atoms with Gasteiger partial charge in [0, 0.05) is 32.3 Å². The van der Waals surface area contributed by atoms with Gasteiger partial charge in [0.2, 0.25) is 0 Å². The maximum Gasteiger partial charge on any atom is 0.254 e. The summed E-state index contributed by atoms with van der Waals surface area (Å²) in [5, 5.41) is 0. The SMILES string of the molecule is CCC(C)(OC)C(=O)N(C)Cc1cc(F)cc(F)c1F. The first kappa shape index (κ1) is 16.5. The van der Waals surface area contributed by atoms with Gasteiger partial charge in [0.25, 0.3) is 5.91 Å². The molecule has 0 aromatic heterocycles. The largest absolute Gasteiger partial charge is 0.369 e. The number of halogens is 3. The number of nitrogens with zero attached hydrogens (tertiary/aromatic N) is 1. The van der Waals surface area contributed by atoms with Crippen molar-refractivity contribution in [3.63, 3.8) is 0 Å². The molecule has 112 valence electrons. The van der Waals surface area contributed by atoms with E-state index >= 15 is 0 Å². The van der Waals surface area contributed by atoms with Crippen LogP contribution in [0.3, 0.4) is 0 Å². The molecule has 0 spiro atoms. The van der Waals surface area contributed by atoms with Crippen LogP contribution in [0.4, 0.5) is 13.2 Å². The van der Waals surface area contributed by atoms with E-state index in [1.54, 1.807) is 13.8 Å². The molecule has 0 aliphatic heterocycles. The molecule has 1 rings (SSSR count). The Balaban J connectivity index is 2.97. The lowest BCUT2D eigenvalue weighted by atomic mass is 10.0. The molecular formula is C14H18F3NO2. The van der Waals surface area contributed by atoms with Crippen LogP contribution >= 0.6 is 0 Å². The van der Waals surface area contributed by atoms with E-state index in [0.717, 1.165) is 6.07 Å². The first-order valence-corrected chi connectivity index (χ1v) is 6.19. The predicted octanol–water partition coefficient (Wildman–Crippen LogP) is 2.88. The third kappa shape index (κ3) is 3.30. The zero-order valence-corrected chi connectivity index (χ0v) is 12.0. The van der Waals surface area contributed by atoms with Gasteiger partial charge in [0.05, 0.1) is 0 Å². The normalized spacial score (nSPS) is 13.9. The summed E-state index contributed by atoms with van der Waals surface area (Å²) in [5.74, 6) is -3.69. The van der Waals surface area contributed by atoms with Crippen LogP contribution in [0.25, 0.3) is 0 Å². The molecule has 0 aliphatic carbocycles. The number of methoxy groups -OCH3 is 1. The number of benzene rings is 1. The standard InChI is InChI=1S/C14H18F3NO2/c1-5-14(2,20-4)13(19)18(3)8-9-6-10(15)7-11(16)12(9)17/h6-7H,5,8H2,1-4H3. The monoisotopic (exact) mass is 289 g/mol. The van der Waals surface area contributed by atoms with E-state index in [1.807, 2.05) is 0 Å². The molecule has 1 amide bonds. The Kier molecular flexibility index (Phi) is 5.16. The smallest absolute Gasteiger partial charge is 0.254 e. The van der Waals surface area contributed by atoms with Crippen LogP contribution in [-0.2, 0) is 16.1 Å². The van der Waals surface area contributed by atoms with Crippen LogP contribution in [0.5, 0.6) is 0 Å². The molecule has 0 saturated heterocycles. The molecule has 0 aliphatic rings. The molecule has 1 aromatic carbocycles. The minimum absolute atomic E-state index is 0.215. The summed E-state index contributed by atoms with van der Waals surface area (Å²) in [6.07, 6.45) is 0.423. The van der Waals surface area contributed by atoms with E-state index in [1.165, 1.54) is 19.1 Å². The maximum absolute atomic E-state index is 13.6. The van der Waals surface area contributed by atoms with Crippen molar-refractivity contribution in [3.05, 3.63) is 35.1 Å². The minimum atomic E-state index is -1.27. The molecule has 20 heavy (non-hydrogen) atoms. The number of likely N-dealkylation sites (N-methyl/N-ethyl adjacent to an activating group) is 1. The second-order valence-corrected chi connectivity index (χ2v) is 4.81. The van der Waals surface area contributed by atoms with E-state index in [9.17, 15) is 18.0 Å². The van der Waals surface area contributed by atoms with E-state index in [0.29, 0.717) is 12.5 Å². The summed E-state index contributed by atoms with van der Waals surface area (Å²) in [4.78, 5) is 13.4. The lowest BCUT2D eigenvalue weighted by Crippen LogP contribution is -2.46. The van der Waals surface area contributed by atoms with Gasteiger partial charge in [-0.3, -0.25) is 4.79 Å². The van der Waals surface area contributed by atoms with Gasteiger partial charge in [0.15, 0.2) is 11.6 Å². The van der Waals surface area contributed by atoms with Crippen molar-refractivity contribution >= 4 is 5.91 Å². The quantitative estimate of drug-likeness (QED) is 0.780. The van der Waals surface area contributed by atoms with Gasteiger partial charge in [-0.15, -0.1) is 0 Å². The van der Waals surface area contributed by atoms with Gasteiger partial charge in [-0.1, -0.05) is 6.92 Å². The van der Waals surface area contributed by atoms with Gasteiger partial charge in [0.1, 0.15) is 11.4 Å². The summed E-state index contributed by atoms with van der Waals surface area (Å²) in [5.41, 5.74) is -1.26. The number of carbonyl (C=O) groups is 1. The Morgan fingerprint density at radius 2 is 1.95 bits per heavy atom. The van der Waals surface area contributed by atoms with Crippen molar-refractivity contribution in [2.45, 2.75) is 32.4 Å². The van der Waals surface area contributed by atoms with Crippen molar-refractivity contribution in [3.8, 4) is 0 Å². The second-order valence-electron chi connectivity index (χ2n) is 4.81. The first-order chi connectivity index (χ1) is 9.25. The van der Waals surface area contributed by atoms with Crippen molar-refractivity contribution in [1.29, 1.82) is 0 Å². The number of amides is 1. The lowest BCUT2D eigenvalue weighted by molar-refractivity contribution is -0.152. The maximum atomic E-state index is 13.6. The van der Waals surface area contributed by atoms with Gasteiger partial charge >= 0.3 is 0 Å². The Morgan fingerprint density at radius 1 is 1.35 bits per heavy atom. The van der Waals surface area contributed by atoms with Crippen LogP contribution in [-0.4, -0.2) is 30.6 Å². The zero-order valence-electron chi connectivity index (χ0n) is 12.0. The van der Waals surface area contributed by atoms with E-state index < -0.39 is 23.1 Å². The van der Waals surface area contributed by atoms with Gasteiger partial charge in [-0.05, 0) is 19.4 Å². The highest BCUT2D eigenvalue weighted by Crippen LogP contribution is 2.20. The molecule has 1 aromatic rings. The predicted molar refractivity (Wildman–Crippen MR) is 68.5 cm³/mol. The van der Waals surface area contributed by atoms with E-state index in [2.05, 4.69) is 0 Å². The number of hydrogen-bond acceptors (Lipinski definition) is 2. The highest BCUT2D eigenvalue weighted by Gasteiger charge is 2.34. The van der Waals surface area contributed by atoms with Gasteiger partial charge in [-0.25, -0.2) is 13.2 Å². The Bertz CT molecular complexity index is 501. The molecule has 0 fully saturated rings. The summed E-state index contributed by atoms with van der Waals surface area (Å²) < 4.78 is 44.9. The lowest BCUT2D eigenvalue weighted by Gasteiger charge is -2.30. The van der Waals surface area contributed by atoms with Crippen molar-refractivity contribution in [2.75, 3.05) is 14.2 Å². The Morgan fingerprint density at radius 3 is 2.45 bits per heavy atom. The molecule has 6 heteroatoms. The number of ether oxygens (including phenoxy) is 1. The molecule has 0 N–H and O–H groups in total. The van der Waals surface area contributed by atoms with Crippen molar-refractivity contribution < 1.29 is 22.7 Å². The van der Waals surface area contributed by atoms with Crippen LogP contribution < -0.4 is 0 Å². The minimum Gasteiger partial charge on any atom is -0.369 e. The Labute approximate surface area is 116 Å². The second kappa shape index (κ2) is 6.26. The third-order valence-corrected chi connectivity index (χ3v) is 3.40. The van der Waals surface area contributed by atoms with Crippen LogP contribution in [0.15, 0.2) is 12.1 Å². The highest BCUT2D eigenvalue weighted by atomic mass is 19.2. The average molecular weight is 289 g/mol. The summed E-state index contributed by atoms with van der Waals surface area (Å²) in [7, 11) is 2.83. The van der Waals surface area contributed by atoms with Crippen LogP contribution in [0.2, 0.25) is 0 Å². The highest BCUT2D eigenvalue weighted by molar-refractivity contribution is 5.84. The number of rotatable bonds is 5. The fraction of sp³-hybridized carbons (Fsp3) is 0.500.